The van der Waals surface area contributed by atoms with E-state index < -0.39 is 0 Å². The van der Waals surface area contributed by atoms with Gasteiger partial charge in [-0.15, -0.1) is 0 Å². The fraction of sp³-hybridized carbons (Fsp3) is 0.500. The van der Waals surface area contributed by atoms with Gasteiger partial charge in [0.15, 0.2) is 0 Å². The summed E-state index contributed by atoms with van der Waals surface area (Å²) in [6.45, 7) is 2.42. The molecule has 0 aliphatic carbocycles. The molecule has 0 aliphatic rings. The van der Waals surface area contributed by atoms with Crippen molar-refractivity contribution in [1.82, 2.24) is 9.78 Å². The Bertz CT molecular complexity index is 356. The van der Waals surface area contributed by atoms with Crippen LogP contribution in [0.4, 0.5) is 11.4 Å². The van der Waals surface area contributed by atoms with Gasteiger partial charge in [-0.3, -0.25) is 4.79 Å². The minimum Gasteiger partial charge on any atom is -0.396 e. The molecule has 1 aromatic heterocycles. The normalized spacial score (nSPS) is 10.1. The number of nitrogen functional groups attached to an aromatic ring is 1. The molecule has 72 valence electrons. The van der Waals surface area contributed by atoms with Gasteiger partial charge >= 0.3 is 0 Å². The molecular weight excluding hydrogens is 168 g/mol. The molecule has 0 unspecified atom stereocenters. The number of rotatable bonds is 2. The summed E-state index contributed by atoms with van der Waals surface area (Å²) >= 11 is 0. The van der Waals surface area contributed by atoms with Crippen LogP contribution in [-0.4, -0.2) is 23.9 Å². The van der Waals surface area contributed by atoms with Crippen LogP contribution in [0.5, 0.6) is 0 Å². The Labute approximate surface area is 76.8 Å². The quantitative estimate of drug-likeness (QED) is 0.694. The van der Waals surface area contributed by atoms with Crippen molar-refractivity contribution in [1.29, 1.82) is 0 Å². The van der Waals surface area contributed by atoms with Crippen LogP contribution in [0.3, 0.4) is 0 Å². The molecule has 13 heavy (non-hydrogen) atoms. The highest BCUT2D eigenvalue weighted by Gasteiger charge is 2.09. The Kier molecular flexibility index (Phi) is 2.55. The highest BCUT2D eigenvalue weighted by Crippen LogP contribution is 2.12. The topological polar surface area (TPSA) is 64.2 Å². The van der Waals surface area contributed by atoms with Crippen molar-refractivity contribution in [3.05, 3.63) is 16.6 Å². The van der Waals surface area contributed by atoms with E-state index in [1.54, 1.807) is 19.0 Å². The van der Waals surface area contributed by atoms with E-state index in [2.05, 4.69) is 5.10 Å². The number of hydrogen-bond acceptors (Lipinski definition) is 4. The van der Waals surface area contributed by atoms with Gasteiger partial charge in [0.05, 0.1) is 11.9 Å². The summed E-state index contributed by atoms with van der Waals surface area (Å²) in [6.07, 6.45) is 1.50. The largest absolute Gasteiger partial charge is 0.396 e. The van der Waals surface area contributed by atoms with Gasteiger partial charge in [-0.05, 0) is 6.92 Å². The molecule has 1 aromatic rings. The number of nitrogens with zero attached hydrogens (tertiary/aromatic N) is 3. The molecule has 2 N–H and O–H groups in total. The average molecular weight is 182 g/mol. The van der Waals surface area contributed by atoms with Gasteiger partial charge in [0, 0.05) is 20.6 Å². The maximum Gasteiger partial charge on any atom is 0.292 e. The van der Waals surface area contributed by atoms with Crippen molar-refractivity contribution in [2.45, 2.75) is 13.5 Å². The molecule has 0 radical (unpaired) electrons. The minimum atomic E-state index is -0.146. The molecule has 0 saturated carbocycles. The maximum absolute atomic E-state index is 11.6. The summed E-state index contributed by atoms with van der Waals surface area (Å²) in [4.78, 5) is 13.3. The molecule has 1 heterocycles. The van der Waals surface area contributed by atoms with Crippen molar-refractivity contribution in [3.8, 4) is 0 Å². The Hall–Kier alpha value is -1.52. The highest BCUT2D eigenvalue weighted by atomic mass is 16.1. The summed E-state index contributed by atoms with van der Waals surface area (Å²) in [7, 11) is 3.57. The second-order valence-corrected chi connectivity index (χ2v) is 2.96. The number of nitrogens with two attached hydrogens (primary N) is 1. The second-order valence-electron chi connectivity index (χ2n) is 2.96. The molecule has 1 rings (SSSR count). The van der Waals surface area contributed by atoms with E-state index >= 15 is 0 Å². The molecular formula is C8H14N4O. The molecule has 0 bridgehead atoms. The lowest BCUT2D eigenvalue weighted by atomic mass is 10.3. The monoisotopic (exact) mass is 182 g/mol. The number of anilines is 2. The van der Waals surface area contributed by atoms with Gasteiger partial charge in [0.25, 0.3) is 5.56 Å². The Morgan fingerprint density at radius 1 is 1.62 bits per heavy atom. The van der Waals surface area contributed by atoms with Crippen molar-refractivity contribution < 1.29 is 0 Å². The zero-order chi connectivity index (χ0) is 10.0. The fourth-order valence-corrected chi connectivity index (χ4v) is 1.17. The SMILES string of the molecule is CCn1ncc(N)c(N(C)C)c1=O. The van der Waals surface area contributed by atoms with Crippen molar-refractivity contribution in [2.75, 3.05) is 24.7 Å². The lowest BCUT2D eigenvalue weighted by Gasteiger charge is -2.14. The third-order valence-corrected chi connectivity index (χ3v) is 1.79. The molecule has 0 aliphatic heterocycles. The standard InChI is InChI=1S/C8H14N4O/c1-4-12-8(13)7(11(2)3)6(9)5-10-12/h5H,4,9H2,1-3H3. The van der Waals surface area contributed by atoms with E-state index in [0.717, 1.165) is 0 Å². The van der Waals surface area contributed by atoms with E-state index in [9.17, 15) is 4.79 Å². The van der Waals surface area contributed by atoms with E-state index in [0.29, 0.717) is 17.9 Å². The van der Waals surface area contributed by atoms with Gasteiger partial charge in [-0.25, -0.2) is 4.68 Å². The third kappa shape index (κ3) is 1.63. The van der Waals surface area contributed by atoms with Gasteiger partial charge in [-0.2, -0.15) is 5.10 Å². The highest BCUT2D eigenvalue weighted by molar-refractivity contribution is 5.64. The van der Waals surface area contributed by atoms with Crippen LogP contribution in [0.15, 0.2) is 11.0 Å². The van der Waals surface area contributed by atoms with Crippen LogP contribution in [0.2, 0.25) is 0 Å². The summed E-state index contributed by atoms with van der Waals surface area (Å²) in [5.41, 5.74) is 6.40. The zero-order valence-electron chi connectivity index (χ0n) is 8.11. The molecule has 0 aromatic carbocycles. The number of aromatic nitrogens is 2. The Morgan fingerprint density at radius 3 is 2.69 bits per heavy atom. The first-order valence-electron chi connectivity index (χ1n) is 4.10. The van der Waals surface area contributed by atoms with E-state index in [1.807, 2.05) is 6.92 Å². The Morgan fingerprint density at radius 2 is 2.23 bits per heavy atom. The smallest absolute Gasteiger partial charge is 0.292 e. The first-order chi connectivity index (χ1) is 6.07. The van der Waals surface area contributed by atoms with Gasteiger partial charge in [0.2, 0.25) is 0 Å². The van der Waals surface area contributed by atoms with Crippen molar-refractivity contribution in [3.63, 3.8) is 0 Å². The molecule has 0 saturated heterocycles. The Balaban J connectivity index is 3.39. The van der Waals surface area contributed by atoms with Crippen LogP contribution < -0.4 is 16.2 Å². The number of aryl methyl sites for hydroxylation is 1. The molecule has 0 spiro atoms. The third-order valence-electron chi connectivity index (χ3n) is 1.79. The molecule has 0 amide bonds. The first kappa shape index (κ1) is 9.57. The van der Waals surface area contributed by atoms with E-state index in [-0.39, 0.29) is 5.56 Å². The van der Waals surface area contributed by atoms with Crippen molar-refractivity contribution >= 4 is 11.4 Å². The summed E-state index contributed by atoms with van der Waals surface area (Å²) in [5.74, 6) is 0. The van der Waals surface area contributed by atoms with Crippen LogP contribution in [0.1, 0.15) is 6.92 Å². The second kappa shape index (κ2) is 3.47. The predicted octanol–water partition coefficient (Wildman–Crippen LogP) is -0.0886. The van der Waals surface area contributed by atoms with Gasteiger partial charge < -0.3 is 10.6 Å². The van der Waals surface area contributed by atoms with Crippen LogP contribution in [-0.2, 0) is 6.54 Å². The van der Waals surface area contributed by atoms with Gasteiger partial charge in [0.1, 0.15) is 5.69 Å². The summed E-state index contributed by atoms with van der Waals surface area (Å²) < 4.78 is 1.38. The van der Waals surface area contributed by atoms with Gasteiger partial charge in [-0.1, -0.05) is 0 Å². The molecule has 5 heteroatoms. The molecule has 0 atom stereocenters. The average Bonchev–Trinajstić information content (AvgIpc) is 2.04. The van der Waals surface area contributed by atoms with E-state index in [4.69, 9.17) is 5.73 Å². The summed E-state index contributed by atoms with van der Waals surface area (Å²) in [6, 6.07) is 0. The summed E-state index contributed by atoms with van der Waals surface area (Å²) in [5, 5.41) is 3.89. The zero-order valence-corrected chi connectivity index (χ0v) is 8.11. The van der Waals surface area contributed by atoms with Crippen LogP contribution >= 0.6 is 0 Å². The molecule has 5 nitrogen and oxygen atoms in total. The number of hydrogen-bond donors (Lipinski definition) is 1. The predicted molar refractivity (Wildman–Crippen MR) is 52.9 cm³/mol. The van der Waals surface area contributed by atoms with Crippen molar-refractivity contribution in [2.24, 2.45) is 0 Å². The first-order valence-corrected chi connectivity index (χ1v) is 4.10. The molecule has 0 fully saturated rings. The van der Waals surface area contributed by atoms with E-state index in [1.165, 1.54) is 10.9 Å². The minimum absolute atomic E-state index is 0.146. The lowest BCUT2D eigenvalue weighted by Crippen LogP contribution is -2.29. The van der Waals surface area contributed by atoms with Crippen LogP contribution in [0.25, 0.3) is 0 Å². The lowest BCUT2D eigenvalue weighted by molar-refractivity contribution is 0.616. The fourth-order valence-electron chi connectivity index (χ4n) is 1.17. The maximum atomic E-state index is 11.6. The van der Waals surface area contributed by atoms with Crippen LogP contribution in [0, 0.1) is 0 Å².